The summed E-state index contributed by atoms with van der Waals surface area (Å²) < 4.78 is 0. The third-order valence-corrected chi connectivity index (χ3v) is 4.39. The predicted molar refractivity (Wildman–Crippen MR) is 90.2 cm³/mol. The summed E-state index contributed by atoms with van der Waals surface area (Å²) in [6.45, 7) is 3.26. The maximum Gasteiger partial charge on any atom is 0.162 e. The summed E-state index contributed by atoms with van der Waals surface area (Å²) >= 11 is 0. The van der Waals surface area contributed by atoms with E-state index in [1.807, 2.05) is 6.07 Å². The summed E-state index contributed by atoms with van der Waals surface area (Å²) in [4.78, 5) is 12.2. The summed E-state index contributed by atoms with van der Waals surface area (Å²) in [5, 5.41) is 3.34. The molecule has 0 atom stereocenters. The Morgan fingerprint density at radius 3 is 2.52 bits per heavy atom. The Balaban J connectivity index is 1.61. The number of carbonyl (C=O) groups excluding carboxylic acids is 1. The van der Waals surface area contributed by atoms with Crippen LogP contribution in [0.25, 0.3) is 0 Å². The van der Waals surface area contributed by atoms with Gasteiger partial charge in [0, 0.05) is 24.2 Å². The molecule has 2 heteroatoms. The van der Waals surface area contributed by atoms with Gasteiger partial charge >= 0.3 is 0 Å². The number of benzene rings is 1. The third-order valence-electron chi connectivity index (χ3n) is 4.39. The van der Waals surface area contributed by atoms with E-state index in [-0.39, 0.29) is 0 Å². The second-order valence-corrected chi connectivity index (χ2v) is 6.20. The molecule has 1 heterocycles. The van der Waals surface area contributed by atoms with Crippen LogP contribution in [0.2, 0.25) is 0 Å². The number of hydrogen-bond donors (Lipinski definition) is 1. The predicted octanol–water partition coefficient (Wildman–Crippen LogP) is 5.37. The first kappa shape index (κ1) is 16.1. The molecule has 1 aliphatic rings. The van der Waals surface area contributed by atoms with E-state index < -0.39 is 0 Å². The molecule has 2 rings (SSSR count). The fourth-order valence-corrected chi connectivity index (χ4v) is 3.04. The number of Topliss-reactive ketones (excluding diaryl/α,β-unsaturated/α-hetero) is 1. The van der Waals surface area contributed by atoms with Crippen molar-refractivity contribution in [1.82, 2.24) is 0 Å². The van der Waals surface area contributed by atoms with Crippen molar-refractivity contribution in [3.05, 3.63) is 29.3 Å². The second-order valence-electron chi connectivity index (χ2n) is 6.20. The van der Waals surface area contributed by atoms with Crippen molar-refractivity contribution in [3.63, 3.8) is 0 Å². The lowest BCUT2D eigenvalue weighted by atomic mass is 10.0. The van der Waals surface area contributed by atoms with Gasteiger partial charge < -0.3 is 5.32 Å². The van der Waals surface area contributed by atoms with Gasteiger partial charge in [-0.15, -0.1) is 0 Å². The summed E-state index contributed by atoms with van der Waals surface area (Å²) in [7, 11) is 0. The Hall–Kier alpha value is -1.31. The maximum absolute atomic E-state index is 12.2. The number of carbonyl (C=O) groups is 1. The largest absolute Gasteiger partial charge is 0.384 e. The summed E-state index contributed by atoms with van der Waals surface area (Å²) in [5.41, 5.74) is 3.41. The molecule has 0 saturated heterocycles. The summed E-state index contributed by atoms with van der Waals surface area (Å²) in [5.74, 6) is 0.315. The van der Waals surface area contributed by atoms with E-state index in [1.54, 1.807) is 0 Å². The minimum absolute atomic E-state index is 0.315. The van der Waals surface area contributed by atoms with Crippen molar-refractivity contribution in [2.45, 2.75) is 71.1 Å². The summed E-state index contributed by atoms with van der Waals surface area (Å²) in [6.07, 6.45) is 12.0. The molecule has 0 radical (unpaired) electrons. The number of hydrogen-bond acceptors (Lipinski definition) is 2. The molecule has 1 aromatic carbocycles. The zero-order valence-corrected chi connectivity index (χ0v) is 13.4. The van der Waals surface area contributed by atoms with Crippen LogP contribution in [0.3, 0.4) is 0 Å². The molecule has 0 amide bonds. The SMILES string of the molecule is CCCCCCCCCCC(=O)c1ccc2c(c1)CCN2. The van der Waals surface area contributed by atoms with Crippen LogP contribution in [0.1, 0.15) is 80.6 Å². The Labute approximate surface area is 129 Å². The Kier molecular flexibility index (Phi) is 6.78. The molecule has 0 saturated carbocycles. The molecule has 0 bridgehead atoms. The van der Waals surface area contributed by atoms with Crippen LogP contribution < -0.4 is 5.32 Å². The molecule has 0 spiro atoms. The number of anilines is 1. The van der Waals surface area contributed by atoms with Gasteiger partial charge in [0.05, 0.1) is 0 Å². The van der Waals surface area contributed by atoms with Gasteiger partial charge in [-0.05, 0) is 36.6 Å². The quantitative estimate of drug-likeness (QED) is 0.463. The molecule has 2 nitrogen and oxygen atoms in total. The van der Waals surface area contributed by atoms with Crippen LogP contribution in [0.4, 0.5) is 5.69 Å². The molecule has 1 aliphatic heterocycles. The Bertz CT molecular complexity index is 453. The molecule has 0 aromatic heterocycles. The molecule has 21 heavy (non-hydrogen) atoms. The Morgan fingerprint density at radius 1 is 1.05 bits per heavy atom. The highest BCUT2D eigenvalue weighted by Crippen LogP contribution is 2.24. The van der Waals surface area contributed by atoms with Gasteiger partial charge in [0.15, 0.2) is 5.78 Å². The number of ketones is 1. The van der Waals surface area contributed by atoms with Gasteiger partial charge in [-0.1, -0.05) is 51.9 Å². The molecule has 0 fully saturated rings. The lowest BCUT2D eigenvalue weighted by molar-refractivity contribution is 0.0979. The fraction of sp³-hybridized carbons (Fsp3) is 0.632. The second kappa shape index (κ2) is 8.86. The van der Waals surface area contributed by atoms with Crippen LogP contribution in [0.5, 0.6) is 0 Å². The molecule has 0 unspecified atom stereocenters. The highest BCUT2D eigenvalue weighted by molar-refractivity contribution is 5.96. The highest BCUT2D eigenvalue weighted by Gasteiger charge is 2.13. The molecule has 116 valence electrons. The topological polar surface area (TPSA) is 29.1 Å². The lowest BCUT2D eigenvalue weighted by Crippen LogP contribution is -1.99. The van der Waals surface area contributed by atoms with Gasteiger partial charge in [0.1, 0.15) is 0 Å². The standard InChI is InChI=1S/C19H29NO/c1-2-3-4-5-6-7-8-9-10-19(21)17-11-12-18-16(15-17)13-14-20-18/h11-12,15,20H,2-10,13-14H2,1H3. The van der Waals surface area contributed by atoms with Gasteiger partial charge in [-0.2, -0.15) is 0 Å². The van der Waals surface area contributed by atoms with E-state index in [0.29, 0.717) is 12.2 Å². The third kappa shape index (κ3) is 5.18. The number of rotatable bonds is 10. The van der Waals surface area contributed by atoms with Crippen LogP contribution in [-0.4, -0.2) is 12.3 Å². The maximum atomic E-state index is 12.2. The first-order valence-corrected chi connectivity index (χ1v) is 8.71. The van der Waals surface area contributed by atoms with E-state index in [2.05, 4.69) is 24.4 Å². The first-order valence-electron chi connectivity index (χ1n) is 8.71. The van der Waals surface area contributed by atoms with Crippen molar-refractivity contribution in [3.8, 4) is 0 Å². The smallest absolute Gasteiger partial charge is 0.162 e. The average molecular weight is 287 g/mol. The van der Waals surface area contributed by atoms with Crippen molar-refractivity contribution >= 4 is 11.5 Å². The van der Waals surface area contributed by atoms with Gasteiger partial charge in [-0.25, -0.2) is 0 Å². The fourth-order valence-electron chi connectivity index (χ4n) is 3.04. The van der Waals surface area contributed by atoms with Crippen LogP contribution in [-0.2, 0) is 6.42 Å². The molecular weight excluding hydrogens is 258 g/mol. The van der Waals surface area contributed by atoms with E-state index in [9.17, 15) is 4.79 Å². The molecular formula is C19H29NO. The van der Waals surface area contributed by atoms with E-state index >= 15 is 0 Å². The molecule has 0 aliphatic carbocycles. The number of unbranched alkanes of at least 4 members (excludes halogenated alkanes) is 7. The zero-order chi connectivity index (χ0) is 14.9. The monoisotopic (exact) mass is 287 g/mol. The van der Waals surface area contributed by atoms with Crippen molar-refractivity contribution in [2.75, 3.05) is 11.9 Å². The van der Waals surface area contributed by atoms with Gasteiger partial charge in [-0.3, -0.25) is 4.79 Å². The highest BCUT2D eigenvalue weighted by atomic mass is 16.1. The lowest BCUT2D eigenvalue weighted by Gasteiger charge is -2.05. The number of fused-ring (bicyclic) bond motifs is 1. The molecule has 1 N–H and O–H groups in total. The van der Waals surface area contributed by atoms with Crippen molar-refractivity contribution < 1.29 is 4.79 Å². The normalized spacial score (nSPS) is 13.0. The van der Waals surface area contributed by atoms with Crippen LogP contribution >= 0.6 is 0 Å². The van der Waals surface area contributed by atoms with E-state index in [0.717, 1.165) is 24.9 Å². The Morgan fingerprint density at radius 2 is 1.76 bits per heavy atom. The minimum atomic E-state index is 0.315. The van der Waals surface area contributed by atoms with Crippen LogP contribution in [0, 0.1) is 0 Å². The van der Waals surface area contributed by atoms with Crippen molar-refractivity contribution in [1.29, 1.82) is 0 Å². The zero-order valence-electron chi connectivity index (χ0n) is 13.4. The minimum Gasteiger partial charge on any atom is -0.384 e. The number of nitrogens with one attached hydrogen (secondary N) is 1. The summed E-state index contributed by atoms with van der Waals surface area (Å²) in [6, 6.07) is 6.12. The van der Waals surface area contributed by atoms with Crippen molar-refractivity contribution in [2.24, 2.45) is 0 Å². The first-order chi connectivity index (χ1) is 10.3. The van der Waals surface area contributed by atoms with Gasteiger partial charge in [0.2, 0.25) is 0 Å². The van der Waals surface area contributed by atoms with E-state index in [4.69, 9.17) is 0 Å². The molecule has 1 aromatic rings. The van der Waals surface area contributed by atoms with Gasteiger partial charge in [0.25, 0.3) is 0 Å². The van der Waals surface area contributed by atoms with Crippen LogP contribution in [0.15, 0.2) is 18.2 Å². The average Bonchev–Trinajstić information content (AvgIpc) is 2.97. The van der Waals surface area contributed by atoms with E-state index in [1.165, 1.54) is 56.2 Å².